The molecule has 0 unspecified atom stereocenters. The number of anilines is 3. The zero-order chi connectivity index (χ0) is 15.0. The van der Waals surface area contributed by atoms with Gasteiger partial charge in [0.15, 0.2) is 0 Å². The summed E-state index contributed by atoms with van der Waals surface area (Å²) in [4.78, 5) is 4.02. The van der Waals surface area contributed by atoms with Gasteiger partial charge in [0.2, 0.25) is 0 Å². The van der Waals surface area contributed by atoms with Crippen LogP contribution in [0.25, 0.3) is 10.8 Å². The van der Waals surface area contributed by atoms with Gasteiger partial charge in [0.05, 0.1) is 21.5 Å². The Bertz CT molecular complexity index is 837. The van der Waals surface area contributed by atoms with Crippen LogP contribution >= 0.6 is 15.9 Å². The fraction of sp³-hybridized carbons (Fsp3) is 0. The van der Waals surface area contributed by atoms with Gasteiger partial charge >= 0.3 is 0 Å². The highest BCUT2D eigenvalue weighted by Crippen LogP contribution is 2.32. The maximum absolute atomic E-state index is 13.8. The Hall–Kier alpha value is -2.21. The van der Waals surface area contributed by atoms with Gasteiger partial charge in [0, 0.05) is 29.2 Å². The number of aromatic nitrogens is 1. The second-order valence-electron chi connectivity index (χ2n) is 4.49. The smallest absolute Gasteiger partial charge is 0.149 e. The molecule has 3 N–H and O–H groups in total. The number of hydrogen-bond donors (Lipinski definition) is 2. The number of nitrogens with two attached hydrogens (primary N) is 1. The lowest BCUT2D eigenvalue weighted by Crippen LogP contribution is -2.00. The van der Waals surface area contributed by atoms with E-state index in [0.717, 1.165) is 16.8 Å². The summed E-state index contributed by atoms with van der Waals surface area (Å²) in [6.45, 7) is 0. The first-order valence-corrected chi connectivity index (χ1v) is 6.89. The molecule has 6 heteroatoms. The van der Waals surface area contributed by atoms with E-state index >= 15 is 0 Å². The van der Waals surface area contributed by atoms with E-state index in [2.05, 4.69) is 26.2 Å². The van der Waals surface area contributed by atoms with Gasteiger partial charge in [-0.15, -0.1) is 0 Å². The zero-order valence-electron chi connectivity index (χ0n) is 10.7. The highest BCUT2D eigenvalue weighted by Gasteiger charge is 2.11. The van der Waals surface area contributed by atoms with Crippen molar-refractivity contribution in [1.29, 1.82) is 0 Å². The molecule has 3 nitrogen and oxygen atoms in total. The maximum atomic E-state index is 13.8. The summed E-state index contributed by atoms with van der Waals surface area (Å²) in [6.07, 6.45) is 3.34. The second kappa shape index (κ2) is 5.29. The van der Waals surface area contributed by atoms with Crippen molar-refractivity contribution < 1.29 is 8.78 Å². The standard InChI is InChI=1S/C15H10BrF2N3/c16-10-5-14(12(18)6-11(10)17)21-13-2-1-8-7-20-4-3-9(8)15(13)19/h1-7,21H,19H2. The lowest BCUT2D eigenvalue weighted by molar-refractivity contribution is 0.581. The molecule has 0 saturated heterocycles. The molecule has 0 atom stereocenters. The average molecular weight is 350 g/mol. The van der Waals surface area contributed by atoms with E-state index in [1.807, 2.05) is 6.07 Å². The molecular formula is C15H10BrF2N3. The topological polar surface area (TPSA) is 50.9 Å². The van der Waals surface area contributed by atoms with Gasteiger partial charge in [-0.25, -0.2) is 8.78 Å². The molecule has 1 heterocycles. The largest absolute Gasteiger partial charge is 0.397 e. The van der Waals surface area contributed by atoms with E-state index in [4.69, 9.17) is 5.73 Å². The van der Waals surface area contributed by atoms with Crippen LogP contribution in [0.3, 0.4) is 0 Å². The summed E-state index contributed by atoms with van der Waals surface area (Å²) in [5.41, 5.74) is 7.26. The third kappa shape index (κ3) is 2.54. The SMILES string of the molecule is Nc1c(Nc2cc(Br)c(F)cc2F)ccc2cnccc12. The third-order valence-corrected chi connectivity index (χ3v) is 3.75. The van der Waals surface area contributed by atoms with Crippen LogP contribution in [0.15, 0.2) is 47.2 Å². The molecule has 0 aliphatic carbocycles. The van der Waals surface area contributed by atoms with Crippen LogP contribution in [-0.4, -0.2) is 4.98 Å². The highest BCUT2D eigenvalue weighted by molar-refractivity contribution is 9.10. The molecule has 106 valence electrons. The summed E-state index contributed by atoms with van der Waals surface area (Å²) in [5.74, 6) is -1.35. The predicted molar refractivity (Wildman–Crippen MR) is 83.5 cm³/mol. The van der Waals surface area contributed by atoms with Crippen LogP contribution in [0.5, 0.6) is 0 Å². The van der Waals surface area contributed by atoms with Crippen molar-refractivity contribution in [3.63, 3.8) is 0 Å². The van der Waals surface area contributed by atoms with Crippen molar-refractivity contribution in [3.05, 3.63) is 58.8 Å². The second-order valence-corrected chi connectivity index (χ2v) is 5.35. The predicted octanol–water partition coefficient (Wildman–Crippen LogP) is 4.60. The number of nitrogen functional groups attached to an aromatic ring is 1. The molecule has 0 bridgehead atoms. The first-order valence-electron chi connectivity index (χ1n) is 6.10. The molecule has 3 aromatic rings. The van der Waals surface area contributed by atoms with Crippen molar-refractivity contribution in [1.82, 2.24) is 4.98 Å². The molecule has 0 fully saturated rings. The first kappa shape index (κ1) is 13.8. The number of halogens is 3. The summed E-state index contributed by atoms with van der Waals surface area (Å²) in [7, 11) is 0. The summed E-state index contributed by atoms with van der Waals surface area (Å²) < 4.78 is 27.2. The lowest BCUT2D eigenvalue weighted by Gasteiger charge is -2.12. The molecule has 3 rings (SSSR count). The average Bonchev–Trinajstić information content (AvgIpc) is 2.48. The van der Waals surface area contributed by atoms with E-state index < -0.39 is 11.6 Å². The molecule has 0 aliphatic heterocycles. The monoisotopic (exact) mass is 349 g/mol. The van der Waals surface area contributed by atoms with Crippen LogP contribution in [0.1, 0.15) is 0 Å². The molecule has 0 saturated carbocycles. The van der Waals surface area contributed by atoms with Crippen molar-refractivity contribution in [2.75, 3.05) is 11.1 Å². The quantitative estimate of drug-likeness (QED) is 0.525. The third-order valence-electron chi connectivity index (χ3n) is 3.14. The van der Waals surface area contributed by atoms with Crippen LogP contribution in [-0.2, 0) is 0 Å². The van der Waals surface area contributed by atoms with E-state index in [-0.39, 0.29) is 10.2 Å². The van der Waals surface area contributed by atoms with Gasteiger partial charge in [-0.3, -0.25) is 4.98 Å². The normalized spacial score (nSPS) is 10.8. The lowest BCUT2D eigenvalue weighted by atomic mass is 10.1. The Morgan fingerprint density at radius 2 is 1.86 bits per heavy atom. The minimum absolute atomic E-state index is 0.142. The van der Waals surface area contributed by atoms with Crippen LogP contribution in [0, 0.1) is 11.6 Å². The molecule has 0 aliphatic rings. The molecule has 0 radical (unpaired) electrons. The Labute approximate surface area is 127 Å². The summed E-state index contributed by atoms with van der Waals surface area (Å²) >= 11 is 3.03. The van der Waals surface area contributed by atoms with Crippen molar-refractivity contribution >= 4 is 43.8 Å². The van der Waals surface area contributed by atoms with Crippen LogP contribution in [0.4, 0.5) is 25.8 Å². The Morgan fingerprint density at radius 1 is 1.05 bits per heavy atom. The summed E-state index contributed by atoms with van der Waals surface area (Å²) in [5, 5.41) is 4.59. The molecule has 0 spiro atoms. The number of rotatable bonds is 2. The van der Waals surface area contributed by atoms with E-state index in [9.17, 15) is 8.78 Å². The summed E-state index contributed by atoms with van der Waals surface area (Å²) in [6, 6.07) is 7.49. The number of benzene rings is 2. The Kier molecular flexibility index (Phi) is 3.47. The Morgan fingerprint density at radius 3 is 2.67 bits per heavy atom. The maximum Gasteiger partial charge on any atom is 0.149 e. The van der Waals surface area contributed by atoms with Gasteiger partial charge in [-0.2, -0.15) is 0 Å². The van der Waals surface area contributed by atoms with E-state index in [0.29, 0.717) is 11.4 Å². The number of nitrogens with zero attached hydrogens (tertiary/aromatic N) is 1. The van der Waals surface area contributed by atoms with E-state index in [1.165, 1.54) is 6.07 Å². The minimum atomic E-state index is -0.690. The molecular weight excluding hydrogens is 340 g/mol. The van der Waals surface area contributed by atoms with Gasteiger partial charge in [0.25, 0.3) is 0 Å². The number of fused-ring (bicyclic) bond motifs is 1. The number of nitrogens with one attached hydrogen (secondary N) is 1. The fourth-order valence-electron chi connectivity index (χ4n) is 2.07. The minimum Gasteiger partial charge on any atom is -0.397 e. The van der Waals surface area contributed by atoms with Crippen LogP contribution in [0.2, 0.25) is 0 Å². The number of pyridine rings is 1. The molecule has 1 aromatic heterocycles. The van der Waals surface area contributed by atoms with Crippen LogP contribution < -0.4 is 11.1 Å². The molecule has 21 heavy (non-hydrogen) atoms. The van der Waals surface area contributed by atoms with E-state index in [1.54, 1.807) is 24.5 Å². The number of hydrogen-bond acceptors (Lipinski definition) is 3. The zero-order valence-corrected chi connectivity index (χ0v) is 12.3. The van der Waals surface area contributed by atoms with Crippen molar-refractivity contribution in [3.8, 4) is 0 Å². The first-order chi connectivity index (χ1) is 10.1. The van der Waals surface area contributed by atoms with Gasteiger partial charge in [0.1, 0.15) is 11.6 Å². The van der Waals surface area contributed by atoms with Gasteiger partial charge in [-0.05, 0) is 34.1 Å². The fourth-order valence-corrected chi connectivity index (χ4v) is 2.41. The van der Waals surface area contributed by atoms with Crippen molar-refractivity contribution in [2.45, 2.75) is 0 Å². The molecule has 2 aromatic carbocycles. The Balaban J connectivity index is 2.06. The van der Waals surface area contributed by atoms with Gasteiger partial charge < -0.3 is 11.1 Å². The van der Waals surface area contributed by atoms with Gasteiger partial charge in [-0.1, -0.05) is 6.07 Å². The highest BCUT2D eigenvalue weighted by atomic mass is 79.9. The van der Waals surface area contributed by atoms with Crippen molar-refractivity contribution in [2.24, 2.45) is 0 Å². The molecule has 0 amide bonds.